The molecule has 106 valence electrons. The normalized spacial score (nSPS) is 11.3. The van der Waals surface area contributed by atoms with Crippen molar-refractivity contribution in [2.24, 2.45) is 0 Å². The molecule has 2 rings (SSSR count). The van der Waals surface area contributed by atoms with Gasteiger partial charge in [-0.15, -0.1) is 0 Å². The lowest BCUT2D eigenvalue weighted by Gasteiger charge is -2.10. The third-order valence-electron chi connectivity index (χ3n) is 2.24. The molecule has 0 aliphatic heterocycles. The number of nitrogens with one attached hydrogen (secondary N) is 1. The van der Waals surface area contributed by atoms with Crippen molar-refractivity contribution in [1.82, 2.24) is 9.97 Å². The van der Waals surface area contributed by atoms with Crippen LogP contribution in [0, 0.1) is 5.82 Å². The van der Waals surface area contributed by atoms with E-state index in [1.54, 1.807) is 0 Å². The van der Waals surface area contributed by atoms with Crippen molar-refractivity contribution < 1.29 is 12.8 Å². The summed E-state index contributed by atoms with van der Waals surface area (Å²) in [6.07, 6.45) is 1.04. The summed E-state index contributed by atoms with van der Waals surface area (Å²) in [5.41, 5.74) is 5.24. The summed E-state index contributed by atoms with van der Waals surface area (Å²) in [5.74, 6) is -0.847. The van der Waals surface area contributed by atoms with E-state index < -0.39 is 15.8 Å². The van der Waals surface area contributed by atoms with Gasteiger partial charge in [-0.1, -0.05) is 23.2 Å². The minimum Gasteiger partial charge on any atom is -0.398 e. The number of hydrogen-bond acceptors (Lipinski definition) is 5. The predicted molar refractivity (Wildman–Crippen MR) is 73.7 cm³/mol. The van der Waals surface area contributed by atoms with Crippen molar-refractivity contribution in [2.75, 3.05) is 10.5 Å². The van der Waals surface area contributed by atoms with Crippen LogP contribution in [0.2, 0.25) is 10.2 Å². The molecule has 2 aromatic rings. The molecule has 0 radical (unpaired) electrons. The molecule has 1 heterocycles. The van der Waals surface area contributed by atoms with Crippen LogP contribution in [-0.4, -0.2) is 18.4 Å². The lowest BCUT2D eigenvalue weighted by Crippen LogP contribution is -2.16. The predicted octanol–water partition coefficient (Wildman–Crippen LogP) is 2.31. The van der Waals surface area contributed by atoms with Crippen molar-refractivity contribution in [3.8, 4) is 0 Å². The van der Waals surface area contributed by atoms with Crippen LogP contribution in [0.15, 0.2) is 29.4 Å². The molecule has 0 amide bonds. The minimum atomic E-state index is -4.08. The molecule has 10 heteroatoms. The summed E-state index contributed by atoms with van der Waals surface area (Å²) in [4.78, 5) is 6.95. The van der Waals surface area contributed by atoms with E-state index in [4.69, 9.17) is 28.9 Å². The number of benzene rings is 1. The highest BCUT2D eigenvalue weighted by atomic mass is 35.5. The van der Waals surface area contributed by atoms with E-state index in [1.807, 2.05) is 0 Å². The molecular weight excluding hydrogens is 330 g/mol. The number of sulfonamides is 1. The summed E-state index contributed by atoms with van der Waals surface area (Å²) in [6.45, 7) is 0. The van der Waals surface area contributed by atoms with Gasteiger partial charge in [-0.2, -0.15) is 0 Å². The zero-order valence-electron chi connectivity index (χ0n) is 9.64. The summed E-state index contributed by atoms with van der Waals surface area (Å²) in [6, 6.07) is 2.90. The topological polar surface area (TPSA) is 98.0 Å². The molecule has 1 aromatic carbocycles. The van der Waals surface area contributed by atoms with Crippen molar-refractivity contribution in [2.45, 2.75) is 4.90 Å². The zero-order valence-corrected chi connectivity index (χ0v) is 12.0. The highest BCUT2D eigenvalue weighted by Gasteiger charge is 2.20. The summed E-state index contributed by atoms with van der Waals surface area (Å²) >= 11 is 11.4. The number of anilines is 2. The molecule has 20 heavy (non-hydrogen) atoms. The maximum atomic E-state index is 12.9. The van der Waals surface area contributed by atoms with Gasteiger partial charge in [-0.05, 0) is 18.2 Å². The fraction of sp³-hybridized carbons (Fsp3) is 0. The second kappa shape index (κ2) is 5.39. The Kier molecular flexibility index (Phi) is 3.98. The average molecular weight is 337 g/mol. The number of hydrogen-bond donors (Lipinski definition) is 2. The first-order chi connectivity index (χ1) is 9.31. The van der Waals surface area contributed by atoms with E-state index in [2.05, 4.69) is 14.7 Å². The summed E-state index contributed by atoms with van der Waals surface area (Å²) in [7, 11) is -4.08. The third-order valence-corrected chi connectivity index (χ3v) is 4.39. The van der Waals surface area contributed by atoms with Crippen LogP contribution >= 0.6 is 23.2 Å². The number of aromatic nitrogens is 2. The smallest absolute Gasteiger partial charge is 0.265 e. The monoisotopic (exact) mass is 336 g/mol. The van der Waals surface area contributed by atoms with Gasteiger partial charge < -0.3 is 5.73 Å². The molecule has 0 spiro atoms. The second-order valence-corrected chi connectivity index (χ2v) is 6.00. The summed E-state index contributed by atoms with van der Waals surface area (Å²) in [5, 5.41) is -0.259. The number of nitrogen functional groups attached to an aromatic ring is 1. The van der Waals surface area contributed by atoms with Gasteiger partial charge >= 0.3 is 0 Å². The largest absolute Gasteiger partial charge is 0.398 e. The Hall–Kier alpha value is -1.64. The maximum absolute atomic E-state index is 12.9. The third kappa shape index (κ3) is 2.92. The van der Waals surface area contributed by atoms with Crippen LogP contribution in [0.4, 0.5) is 15.9 Å². The molecule has 3 N–H and O–H groups in total. The molecule has 1 aromatic heterocycles. The molecule has 0 saturated heterocycles. The molecule has 0 aliphatic carbocycles. The fourth-order valence-corrected chi connectivity index (χ4v) is 2.84. The van der Waals surface area contributed by atoms with E-state index in [-0.39, 0.29) is 26.6 Å². The van der Waals surface area contributed by atoms with Gasteiger partial charge in [0.1, 0.15) is 22.1 Å². The van der Waals surface area contributed by atoms with E-state index >= 15 is 0 Å². The fourth-order valence-electron chi connectivity index (χ4n) is 1.37. The minimum absolute atomic E-state index is 0.105. The van der Waals surface area contributed by atoms with Crippen molar-refractivity contribution in [3.63, 3.8) is 0 Å². The van der Waals surface area contributed by atoms with Crippen LogP contribution in [0.1, 0.15) is 0 Å². The Balaban J connectivity index is 2.44. The standard InChI is InChI=1S/C10H7Cl2FN4O2S/c11-8-9(12)15-4-16-10(8)17-20(18,19)7-2-1-5(13)3-6(7)14/h1-4H,14H2,(H,15,16,17). The molecule has 0 saturated carbocycles. The van der Waals surface area contributed by atoms with Gasteiger partial charge in [-0.3, -0.25) is 4.72 Å². The van der Waals surface area contributed by atoms with Crippen molar-refractivity contribution in [3.05, 3.63) is 40.5 Å². The van der Waals surface area contributed by atoms with Gasteiger partial charge in [0.05, 0.1) is 5.69 Å². The van der Waals surface area contributed by atoms with Crippen LogP contribution in [0.3, 0.4) is 0 Å². The molecule has 0 bridgehead atoms. The lowest BCUT2D eigenvalue weighted by molar-refractivity contribution is 0.600. The van der Waals surface area contributed by atoms with Gasteiger partial charge in [0.15, 0.2) is 11.0 Å². The molecule has 0 fully saturated rings. The van der Waals surface area contributed by atoms with E-state index in [9.17, 15) is 12.8 Å². The van der Waals surface area contributed by atoms with E-state index in [0.29, 0.717) is 0 Å². The zero-order chi connectivity index (χ0) is 14.9. The van der Waals surface area contributed by atoms with Gasteiger partial charge in [0, 0.05) is 0 Å². The van der Waals surface area contributed by atoms with Crippen LogP contribution in [-0.2, 0) is 10.0 Å². The van der Waals surface area contributed by atoms with Crippen LogP contribution in [0.5, 0.6) is 0 Å². The van der Waals surface area contributed by atoms with Gasteiger partial charge in [0.25, 0.3) is 10.0 Å². The lowest BCUT2D eigenvalue weighted by atomic mass is 10.3. The Morgan fingerprint density at radius 1 is 1.25 bits per heavy atom. The first-order valence-corrected chi connectivity index (χ1v) is 7.29. The average Bonchev–Trinajstić information content (AvgIpc) is 2.34. The van der Waals surface area contributed by atoms with Crippen molar-refractivity contribution in [1.29, 1.82) is 0 Å². The second-order valence-electron chi connectivity index (χ2n) is 3.61. The first kappa shape index (κ1) is 14.8. The Bertz CT molecular complexity index is 770. The highest BCUT2D eigenvalue weighted by molar-refractivity contribution is 7.92. The maximum Gasteiger partial charge on any atom is 0.265 e. The highest BCUT2D eigenvalue weighted by Crippen LogP contribution is 2.28. The Morgan fingerprint density at radius 3 is 2.60 bits per heavy atom. The van der Waals surface area contributed by atoms with Gasteiger partial charge in [0.2, 0.25) is 0 Å². The van der Waals surface area contributed by atoms with E-state index in [1.165, 1.54) is 0 Å². The molecule has 6 nitrogen and oxygen atoms in total. The molecular formula is C10H7Cl2FN4O2S. The number of halogens is 3. The molecule has 0 aliphatic rings. The molecule has 0 atom stereocenters. The quantitative estimate of drug-likeness (QED) is 0.662. The SMILES string of the molecule is Nc1cc(F)ccc1S(=O)(=O)Nc1ncnc(Cl)c1Cl. The van der Waals surface area contributed by atoms with Gasteiger partial charge in [-0.25, -0.2) is 22.8 Å². The summed E-state index contributed by atoms with van der Waals surface area (Å²) < 4.78 is 39.3. The number of nitrogens with zero attached hydrogens (tertiary/aromatic N) is 2. The number of rotatable bonds is 3. The Morgan fingerprint density at radius 2 is 1.95 bits per heavy atom. The number of nitrogens with two attached hydrogens (primary N) is 1. The molecule has 0 unspecified atom stereocenters. The van der Waals surface area contributed by atoms with Crippen LogP contribution in [0.25, 0.3) is 0 Å². The van der Waals surface area contributed by atoms with Crippen molar-refractivity contribution >= 4 is 44.7 Å². The van der Waals surface area contributed by atoms with E-state index in [0.717, 1.165) is 24.5 Å². The first-order valence-electron chi connectivity index (χ1n) is 5.05. The van der Waals surface area contributed by atoms with Crippen LogP contribution < -0.4 is 10.5 Å². The Labute approximate surface area is 123 Å².